The maximum atomic E-state index is 12.5. The number of nitrogens with one attached hydrogen (secondary N) is 1. The maximum Gasteiger partial charge on any atom is 0.289 e. The van der Waals surface area contributed by atoms with E-state index in [9.17, 15) is 9.90 Å². The summed E-state index contributed by atoms with van der Waals surface area (Å²) in [5.41, 5.74) is 1.49. The minimum absolute atomic E-state index is 0.101. The van der Waals surface area contributed by atoms with Crippen LogP contribution in [0, 0.1) is 18.3 Å². The molecule has 0 bridgehead atoms. The highest BCUT2D eigenvalue weighted by molar-refractivity contribution is 5.91. The van der Waals surface area contributed by atoms with Crippen LogP contribution in [0.4, 0.5) is 5.82 Å². The summed E-state index contributed by atoms with van der Waals surface area (Å²) in [5.74, 6) is 0.915. The van der Waals surface area contributed by atoms with Crippen LogP contribution in [0.3, 0.4) is 0 Å². The zero-order valence-corrected chi connectivity index (χ0v) is 16.6. The zero-order valence-electron chi connectivity index (χ0n) is 16.6. The third kappa shape index (κ3) is 3.04. The number of β-amino-alcohol motifs (C(OH)–C–C–N with tert-alkyl or cyclic N) is 1. The molecule has 1 saturated carbocycles. The average molecular weight is 405 g/mol. The van der Waals surface area contributed by atoms with Gasteiger partial charge in [0.25, 0.3) is 5.91 Å². The fourth-order valence-corrected chi connectivity index (χ4v) is 4.99. The Kier molecular flexibility index (Phi) is 4.51. The van der Waals surface area contributed by atoms with E-state index in [0.717, 1.165) is 5.82 Å². The van der Waals surface area contributed by atoms with Gasteiger partial charge in [0, 0.05) is 43.5 Å². The van der Waals surface area contributed by atoms with E-state index in [1.54, 1.807) is 31.6 Å². The molecule has 1 aliphatic heterocycles. The first-order chi connectivity index (χ1) is 14.6. The van der Waals surface area contributed by atoms with E-state index in [4.69, 9.17) is 4.52 Å². The van der Waals surface area contributed by atoms with Gasteiger partial charge >= 0.3 is 0 Å². The summed E-state index contributed by atoms with van der Waals surface area (Å²) in [5, 5.41) is 17.9. The average Bonchev–Trinajstić information content (AvgIpc) is 3.00. The van der Waals surface area contributed by atoms with E-state index in [-0.39, 0.29) is 28.9 Å². The molecule has 1 aromatic carbocycles. The molecule has 2 fully saturated rings. The van der Waals surface area contributed by atoms with Crippen molar-refractivity contribution in [1.82, 2.24) is 20.4 Å². The molecule has 2 N–H and O–H groups in total. The maximum absolute atomic E-state index is 12.5. The Morgan fingerprint density at radius 2 is 2.17 bits per heavy atom. The van der Waals surface area contributed by atoms with Crippen LogP contribution in [0.15, 0.2) is 59.5 Å². The molecular weight excluding hydrogens is 382 g/mol. The third-order valence-electron chi connectivity index (χ3n) is 6.41. The summed E-state index contributed by atoms with van der Waals surface area (Å²) in [6.07, 6.45) is 4.48. The SMILES string of the molecule is Cc1cc(C(=O)NC[C@@H]2[C@@H](c3ccccc3)[C@]23CN(c2cnccn2)C[C@@H]3O)on1. The van der Waals surface area contributed by atoms with Crippen molar-refractivity contribution in [1.29, 1.82) is 0 Å². The number of aliphatic hydroxyl groups excluding tert-OH is 1. The molecule has 3 heterocycles. The summed E-state index contributed by atoms with van der Waals surface area (Å²) in [6, 6.07) is 11.8. The van der Waals surface area contributed by atoms with Crippen molar-refractivity contribution in [3.8, 4) is 0 Å². The summed E-state index contributed by atoms with van der Waals surface area (Å²) in [4.78, 5) is 23.1. The number of aryl methyl sites for hydroxylation is 1. The Hall–Kier alpha value is -3.26. The number of aliphatic hydroxyl groups is 1. The molecule has 2 aromatic heterocycles. The number of carbonyl (C=O) groups is 1. The standard InChI is InChI=1S/C22H23N5O3/c1-14-9-17(30-26-14)21(29)25-10-16-20(15-5-3-2-4-6-15)22(16)13-27(12-18(22)28)19-11-23-7-8-24-19/h2-9,11,16,18,20,28H,10,12-13H2,1H3,(H,25,29)/t16-,18+,20-,22-/m1/s1. The Bertz CT molecular complexity index is 1040. The molecule has 1 aliphatic carbocycles. The molecule has 8 nitrogen and oxygen atoms in total. The van der Waals surface area contributed by atoms with Crippen molar-refractivity contribution in [2.75, 3.05) is 24.5 Å². The van der Waals surface area contributed by atoms with E-state index in [1.807, 2.05) is 18.2 Å². The van der Waals surface area contributed by atoms with Crippen molar-refractivity contribution in [2.45, 2.75) is 18.9 Å². The predicted molar refractivity (Wildman–Crippen MR) is 109 cm³/mol. The van der Waals surface area contributed by atoms with Gasteiger partial charge in [-0.25, -0.2) is 4.98 Å². The Labute approximate surface area is 173 Å². The molecule has 3 aromatic rings. The van der Waals surface area contributed by atoms with Crippen LogP contribution < -0.4 is 10.2 Å². The number of carbonyl (C=O) groups excluding carboxylic acids is 1. The largest absolute Gasteiger partial charge is 0.391 e. The molecule has 2 aliphatic rings. The highest BCUT2D eigenvalue weighted by Crippen LogP contribution is 2.68. The van der Waals surface area contributed by atoms with Crippen LogP contribution in [0.25, 0.3) is 0 Å². The Morgan fingerprint density at radius 3 is 2.87 bits per heavy atom. The van der Waals surface area contributed by atoms with E-state index in [2.05, 4.69) is 37.5 Å². The molecule has 0 radical (unpaired) electrons. The van der Waals surface area contributed by atoms with Crippen molar-refractivity contribution in [2.24, 2.45) is 11.3 Å². The number of hydrogen-bond acceptors (Lipinski definition) is 7. The quantitative estimate of drug-likeness (QED) is 0.667. The summed E-state index contributed by atoms with van der Waals surface area (Å²) < 4.78 is 5.07. The van der Waals surface area contributed by atoms with Gasteiger partial charge < -0.3 is 19.8 Å². The second-order valence-electron chi connectivity index (χ2n) is 8.11. The molecule has 1 saturated heterocycles. The van der Waals surface area contributed by atoms with Crippen molar-refractivity contribution in [3.63, 3.8) is 0 Å². The summed E-state index contributed by atoms with van der Waals surface area (Å²) in [7, 11) is 0. The predicted octanol–water partition coefficient (Wildman–Crippen LogP) is 1.78. The highest BCUT2D eigenvalue weighted by atomic mass is 16.5. The van der Waals surface area contributed by atoms with Gasteiger partial charge in [0.15, 0.2) is 0 Å². The minimum Gasteiger partial charge on any atom is -0.391 e. The lowest BCUT2D eigenvalue weighted by molar-refractivity contribution is 0.0903. The first-order valence-corrected chi connectivity index (χ1v) is 10.0. The fraction of sp³-hybridized carbons (Fsp3) is 0.364. The number of rotatable bonds is 5. The van der Waals surface area contributed by atoms with Gasteiger partial charge in [-0.05, 0) is 24.3 Å². The lowest BCUT2D eigenvalue weighted by atomic mass is 9.95. The van der Waals surface area contributed by atoms with E-state index in [0.29, 0.717) is 25.3 Å². The number of nitrogens with zero attached hydrogens (tertiary/aromatic N) is 4. The van der Waals surface area contributed by atoms with Crippen LogP contribution >= 0.6 is 0 Å². The van der Waals surface area contributed by atoms with Gasteiger partial charge in [0.2, 0.25) is 5.76 Å². The first kappa shape index (κ1) is 18.7. The van der Waals surface area contributed by atoms with Crippen LogP contribution in [0.2, 0.25) is 0 Å². The minimum atomic E-state index is -0.529. The van der Waals surface area contributed by atoms with Crippen LogP contribution in [0.1, 0.15) is 27.7 Å². The molecule has 1 spiro atoms. The second kappa shape index (κ2) is 7.21. The first-order valence-electron chi connectivity index (χ1n) is 10.0. The number of aromatic nitrogens is 3. The number of amides is 1. The summed E-state index contributed by atoms with van der Waals surface area (Å²) in [6.45, 7) is 3.38. The molecule has 154 valence electrons. The third-order valence-corrected chi connectivity index (χ3v) is 6.41. The van der Waals surface area contributed by atoms with Gasteiger partial charge in [0.1, 0.15) is 5.82 Å². The molecule has 1 amide bonds. The van der Waals surface area contributed by atoms with Crippen LogP contribution in [-0.4, -0.2) is 51.9 Å². The van der Waals surface area contributed by atoms with Crippen LogP contribution in [-0.2, 0) is 0 Å². The topological polar surface area (TPSA) is 104 Å². The van der Waals surface area contributed by atoms with Crippen molar-refractivity contribution in [3.05, 3.63) is 72.0 Å². The zero-order chi connectivity index (χ0) is 20.7. The molecule has 5 rings (SSSR count). The summed E-state index contributed by atoms with van der Waals surface area (Å²) >= 11 is 0. The van der Waals surface area contributed by atoms with Gasteiger partial charge in [-0.3, -0.25) is 9.78 Å². The van der Waals surface area contributed by atoms with Crippen LogP contribution in [0.5, 0.6) is 0 Å². The smallest absolute Gasteiger partial charge is 0.289 e. The molecule has 0 unspecified atom stereocenters. The van der Waals surface area contributed by atoms with Gasteiger partial charge in [0.05, 0.1) is 18.0 Å². The monoisotopic (exact) mass is 405 g/mol. The number of anilines is 1. The molecule has 30 heavy (non-hydrogen) atoms. The Morgan fingerprint density at radius 1 is 1.33 bits per heavy atom. The van der Waals surface area contributed by atoms with Gasteiger partial charge in [-0.1, -0.05) is 35.5 Å². The molecule has 8 heteroatoms. The lowest BCUT2D eigenvalue weighted by Gasteiger charge is -2.17. The normalized spacial score (nSPS) is 27.4. The lowest BCUT2D eigenvalue weighted by Crippen LogP contribution is -2.30. The van der Waals surface area contributed by atoms with Crippen molar-refractivity contribution >= 4 is 11.7 Å². The molecule has 4 atom stereocenters. The molecular formula is C22H23N5O3. The van der Waals surface area contributed by atoms with E-state index >= 15 is 0 Å². The van der Waals surface area contributed by atoms with Crippen molar-refractivity contribution < 1.29 is 14.4 Å². The number of hydrogen-bond donors (Lipinski definition) is 2. The number of benzene rings is 1. The highest BCUT2D eigenvalue weighted by Gasteiger charge is 2.71. The second-order valence-corrected chi connectivity index (χ2v) is 8.11. The Balaban J connectivity index is 1.38. The van der Waals surface area contributed by atoms with Gasteiger partial charge in [-0.2, -0.15) is 0 Å². The van der Waals surface area contributed by atoms with Gasteiger partial charge in [-0.15, -0.1) is 0 Å². The fourth-order valence-electron chi connectivity index (χ4n) is 4.99. The van der Waals surface area contributed by atoms with E-state index in [1.165, 1.54) is 5.56 Å². The van der Waals surface area contributed by atoms with E-state index < -0.39 is 6.10 Å².